The number of piperidine rings is 1. The molecule has 3 heterocycles. The number of amides is 1. The highest BCUT2D eigenvalue weighted by Crippen LogP contribution is 2.20. The van der Waals surface area contributed by atoms with Gasteiger partial charge in [-0.05, 0) is 38.1 Å². The Balaban J connectivity index is 1.61. The minimum Gasteiger partial charge on any atom is -0.338 e. The number of nitrogens with one attached hydrogen (secondary N) is 1. The van der Waals surface area contributed by atoms with Crippen LogP contribution in [0.2, 0.25) is 0 Å². The van der Waals surface area contributed by atoms with E-state index in [2.05, 4.69) is 9.88 Å². The number of nitrogens with zero attached hydrogens (tertiary/aromatic N) is 3. The van der Waals surface area contributed by atoms with Crippen LogP contribution in [0.4, 0.5) is 0 Å². The van der Waals surface area contributed by atoms with Crippen LogP contribution in [-0.2, 0) is 11.3 Å². The monoisotopic (exact) mass is 380 g/mol. The smallest absolute Gasteiger partial charge is 0.328 e. The summed E-state index contributed by atoms with van der Waals surface area (Å²) in [5, 5.41) is 0. The summed E-state index contributed by atoms with van der Waals surface area (Å²) in [6, 6.07) is 1.56. The molecule has 1 aromatic rings. The number of likely N-dealkylation sites (tertiary alicyclic amines) is 1. The Bertz CT molecular complexity index is 711. The first-order valence-corrected chi connectivity index (χ1v) is 10.7. The minimum absolute atomic E-state index is 0.104. The van der Waals surface area contributed by atoms with Gasteiger partial charge >= 0.3 is 5.69 Å². The highest BCUT2D eigenvalue weighted by Gasteiger charge is 2.27. The molecule has 7 nitrogen and oxygen atoms in total. The van der Waals surface area contributed by atoms with Crippen molar-refractivity contribution >= 4 is 17.7 Å². The zero-order valence-corrected chi connectivity index (χ0v) is 16.0. The normalized spacial score (nSPS) is 22.2. The third-order valence-electron chi connectivity index (χ3n) is 5.14. The lowest BCUT2D eigenvalue weighted by Crippen LogP contribution is -2.49. The number of thioether (sulfide) groups is 1. The van der Waals surface area contributed by atoms with Crippen LogP contribution in [0.5, 0.6) is 0 Å². The molecule has 1 aromatic heterocycles. The first-order valence-electron chi connectivity index (χ1n) is 9.53. The maximum Gasteiger partial charge on any atom is 0.328 e. The largest absolute Gasteiger partial charge is 0.338 e. The fourth-order valence-corrected chi connectivity index (χ4v) is 4.79. The van der Waals surface area contributed by atoms with Crippen molar-refractivity contribution in [2.45, 2.75) is 44.7 Å². The van der Waals surface area contributed by atoms with Gasteiger partial charge in [0.1, 0.15) is 0 Å². The van der Waals surface area contributed by atoms with E-state index in [9.17, 15) is 14.4 Å². The third kappa shape index (κ3) is 5.23. The van der Waals surface area contributed by atoms with Gasteiger partial charge in [-0.1, -0.05) is 6.42 Å². The molecule has 1 atom stereocenters. The Morgan fingerprint density at radius 3 is 2.73 bits per heavy atom. The molecule has 0 radical (unpaired) electrons. The van der Waals surface area contributed by atoms with Gasteiger partial charge in [-0.2, -0.15) is 11.8 Å². The van der Waals surface area contributed by atoms with Gasteiger partial charge in [0.25, 0.3) is 5.56 Å². The molecule has 144 valence electrons. The van der Waals surface area contributed by atoms with Crippen molar-refractivity contribution in [2.24, 2.45) is 0 Å². The fourth-order valence-electron chi connectivity index (χ4n) is 3.73. The average Bonchev–Trinajstić information content (AvgIpc) is 2.87. The van der Waals surface area contributed by atoms with Gasteiger partial charge in [0.2, 0.25) is 5.91 Å². The lowest BCUT2D eigenvalue weighted by molar-refractivity contribution is -0.133. The van der Waals surface area contributed by atoms with Crippen LogP contribution in [0, 0.1) is 0 Å². The van der Waals surface area contributed by atoms with E-state index in [-0.39, 0.29) is 18.4 Å². The zero-order valence-electron chi connectivity index (χ0n) is 15.2. The van der Waals surface area contributed by atoms with E-state index in [1.54, 1.807) is 0 Å². The molecule has 2 saturated heterocycles. The molecule has 0 aliphatic carbocycles. The second kappa shape index (κ2) is 9.41. The van der Waals surface area contributed by atoms with Gasteiger partial charge in [0, 0.05) is 44.1 Å². The van der Waals surface area contributed by atoms with Gasteiger partial charge in [-0.15, -0.1) is 0 Å². The number of carbonyl (C=O) groups is 1. The molecule has 0 spiro atoms. The number of aromatic nitrogens is 2. The van der Waals surface area contributed by atoms with Crippen molar-refractivity contribution in [3.63, 3.8) is 0 Å². The average molecular weight is 381 g/mol. The molecule has 0 aromatic carbocycles. The van der Waals surface area contributed by atoms with Gasteiger partial charge in [0.05, 0.1) is 6.04 Å². The standard InChI is InChI=1S/C18H28N4O3S/c23-16-5-10-21(18(25)19-16)11-6-17(24)22-9-4-12-26-14-15(22)13-20-7-2-1-3-8-20/h5,10,15H,1-4,6-9,11-14H2,(H,19,23,25). The van der Waals surface area contributed by atoms with Crippen LogP contribution >= 0.6 is 11.8 Å². The van der Waals surface area contributed by atoms with Crippen molar-refractivity contribution in [1.82, 2.24) is 19.4 Å². The summed E-state index contributed by atoms with van der Waals surface area (Å²) in [4.78, 5) is 42.6. The molecule has 0 bridgehead atoms. The van der Waals surface area contributed by atoms with Gasteiger partial charge < -0.3 is 14.4 Å². The highest BCUT2D eigenvalue weighted by atomic mass is 32.2. The number of H-pyrrole nitrogens is 1. The van der Waals surface area contributed by atoms with Gasteiger partial charge in [-0.25, -0.2) is 4.79 Å². The predicted molar refractivity (Wildman–Crippen MR) is 104 cm³/mol. The molecule has 1 amide bonds. The number of rotatable bonds is 5. The van der Waals surface area contributed by atoms with E-state index in [1.165, 1.54) is 36.1 Å². The third-order valence-corrected chi connectivity index (χ3v) is 6.34. The Hall–Kier alpha value is -1.54. The number of carbonyl (C=O) groups excluding carboxylic acids is 1. The first kappa shape index (κ1) is 19.2. The summed E-state index contributed by atoms with van der Waals surface area (Å²) in [6.45, 7) is 4.32. The predicted octanol–water partition coefficient (Wildman–Crippen LogP) is 0.747. The quantitative estimate of drug-likeness (QED) is 0.815. The summed E-state index contributed by atoms with van der Waals surface area (Å²) >= 11 is 1.94. The van der Waals surface area contributed by atoms with E-state index in [1.807, 2.05) is 16.7 Å². The molecule has 26 heavy (non-hydrogen) atoms. The molecule has 3 rings (SSSR count). The van der Waals surface area contributed by atoms with Crippen LogP contribution in [0.1, 0.15) is 32.1 Å². The first-order chi connectivity index (χ1) is 12.6. The number of hydrogen-bond acceptors (Lipinski definition) is 5. The summed E-state index contributed by atoms with van der Waals surface area (Å²) in [5.41, 5.74) is -0.870. The summed E-state index contributed by atoms with van der Waals surface area (Å²) in [7, 11) is 0. The molecule has 2 aliphatic rings. The Morgan fingerprint density at radius 1 is 1.15 bits per heavy atom. The van der Waals surface area contributed by atoms with Crippen LogP contribution in [-0.4, -0.2) is 69.0 Å². The second-order valence-electron chi connectivity index (χ2n) is 7.08. The van der Waals surface area contributed by atoms with Crippen LogP contribution < -0.4 is 11.2 Å². The van der Waals surface area contributed by atoms with E-state index in [0.717, 1.165) is 44.1 Å². The van der Waals surface area contributed by atoms with Crippen LogP contribution in [0.3, 0.4) is 0 Å². The van der Waals surface area contributed by atoms with E-state index >= 15 is 0 Å². The molecule has 2 fully saturated rings. The molecule has 2 aliphatic heterocycles. The molecule has 1 N–H and O–H groups in total. The summed E-state index contributed by atoms with van der Waals surface area (Å²) < 4.78 is 1.39. The van der Waals surface area contributed by atoms with Crippen molar-refractivity contribution in [1.29, 1.82) is 0 Å². The molecule has 8 heteroatoms. The van der Waals surface area contributed by atoms with Crippen LogP contribution in [0.25, 0.3) is 0 Å². The summed E-state index contributed by atoms with van der Waals surface area (Å²) in [6.07, 6.45) is 6.58. The Labute approximate surface area is 157 Å². The topological polar surface area (TPSA) is 78.4 Å². The van der Waals surface area contributed by atoms with Gasteiger partial charge in [-0.3, -0.25) is 14.6 Å². The highest BCUT2D eigenvalue weighted by molar-refractivity contribution is 7.99. The molecule has 1 unspecified atom stereocenters. The molecular formula is C18H28N4O3S. The summed E-state index contributed by atoms with van der Waals surface area (Å²) in [5.74, 6) is 2.19. The van der Waals surface area contributed by atoms with Crippen LogP contribution in [0.15, 0.2) is 21.9 Å². The number of aryl methyl sites for hydroxylation is 1. The molecule has 0 saturated carbocycles. The van der Waals surface area contributed by atoms with Crippen molar-refractivity contribution in [3.8, 4) is 0 Å². The van der Waals surface area contributed by atoms with Crippen molar-refractivity contribution < 1.29 is 4.79 Å². The van der Waals surface area contributed by atoms with E-state index < -0.39 is 11.2 Å². The van der Waals surface area contributed by atoms with E-state index in [0.29, 0.717) is 6.54 Å². The number of hydrogen-bond donors (Lipinski definition) is 1. The second-order valence-corrected chi connectivity index (χ2v) is 8.23. The maximum absolute atomic E-state index is 12.9. The Kier molecular flexibility index (Phi) is 6.96. The van der Waals surface area contributed by atoms with Crippen molar-refractivity contribution in [2.75, 3.05) is 37.7 Å². The van der Waals surface area contributed by atoms with E-state index in [4.69, 9.17) is 0 Å². The minimum atomic E-state index is -0.457. The maximum atomic E-state index is 12.9. The Morgan fingerprint density at radius 2 is 1.96 bits per heavy atom. The lowest BCUT2D eigenvalue weighted by Gasteiger charge is -2.36. The van der Waals surface area contributed by atoms with Gasteiger partial charge in [0.15, 0.2) is 0 Å². The van der Waals surface area contributed by atoms with Crippen molar-refractivity contribution in [3.05, 3.63) is 33.1 Å². The molecular weight excluding hydrogens is 352 g/mol. The zero-order chi connectivity index (χ0) is 18.4. The number of aromatic amines is 1. The fraction of sp³-hybridized carbons (Fsp3) is 0.722. The SMILES string of the molecule is O=C(CCn1ccc(=O)[nH]c1=O)N1CCCSCC1CN1CCCCC1. The lowest BCUT2D eigenvalue weighted by atomic mass is 10.1.